The van der Waals surface area contributed by atoms with Gasteiger partial charge in [-0.25, -0.2) is 0 Å². The van der Waals surface area contributed by atoms with Crippen molar-refractivity contribution in [2.75, 3.05) is 19.5 Å². The first-order chi connectivity index (χ1) is 7.88. The van der Waals surface area contributed by atoms with Gasteiger partial charge in [-0.1, -0.05) is 39.8 Å². The van der Waals surface area contributed by atoms with Crippen molar-refractivity contribution in [2.24, 2.45) is 0 Å². The van der Waals surface area contributed by atoms with Crippen LogP contribution in [0.3, 0.4) is 0 Å². The molecule has 0 N–H and O–H groups in total. The Morgan fingerprint density at radius 3 is 2.88 bits per heavy atom. The lowest BCUT2D eigenvalue weighted by atomic mass is 10.4. The summed E-state index contributed by atoms with van der Waals surface area (Å²) in [6.45, 7) is 0.133. The quantitative estimate of drug-likeness (QED) is 0.757. The highest BCUT2D eigenvalue weighted by Gasteiger charge is 2.25. The maximum atomic E-state index is 5.47. The van der Waals surface area contributed by atoms with Crippen molar-refractivity contribution in [2.45, 2.75) is 17.5 Å². The molecule has 0 radical (unpaired) electrons. The van der Waals surface area contributed by atoms with E-state index >= 15 is 0 Å². The molecule has 5 heteroatoms. The summed E-state index contributed by atoms with van der Waals surface area (Å²) in [4.78, 5) is 1.26. The van der Waals surface area contributed by atoms with E-state index in [4.69, 9.17) is 14.2 Å². The molecule has 0 amide bonds. The lowest BCUT2D eigenvalue weighted by Gasteiger charge is -2.08. The van der Waals surface area contributed by atoms with E-state index in [1.165, 1.54) is 4.90 Å². The summed E-state index contributed by atoms with van der Waals surface area (Å²) >= 11 is 0. The van der Waals surface area contributed by atoms with E-state index in [0.29, 0.717) is 6.61 Å². The van der Waals surface area contributed by atoms with Crippen LogP contribution in [0.2, 0.25) is 0 Å². The lowest BCUT2D eigenvalue weighted by molar-refractivity contribution is -0.221. The van der Waals surface area contributed by atoms with Gasteiger partial charge in [0.15, 0.2) is 0 Å². The summed E-state index contributed by atoms with van der Waals surface area (Å²) in [5.74, 6) is 0.902. The van der Waals surface area contributed by atoms with Crippen molar-refractivity contribution in [3.8, 4) is 0 Å². The zero-order valence-electron chi connectivity index (χ0n) is 9.00. The Kier molecular flexibility index (Phi) is 4.99. The minimum Gasteiger partial charge on any atom is -0.333 e. The van der Waals surface area contributed by atoms with Crippen LogP contribution in [0, 0.1) is 0 Å². The number of methoxy groups -OCH3 is 1. The van der Waals surface area contributed by atoms with Crippen molar-refractivity contribution < 1.29 is 14.2 Å². The fourth-order valence-electron chi connectivity index (χ4n) is 1.29. The van der Waals surface area contributed by atoms with Gasteiger partial charge < -0.3 is 14.2 Å². The van der Waals surface area contributed by atoms with Crippen LogP contribution in [0.1, 0.15) is 0 Å². The standard InChI is InChI=1S/C11H14O3S2/c1-12-11-13-7-9(14-11)8-15-16-10-5-3-2-4-6-10/h2-6,9,11H,7-8H2,1H3. The Labute approximate surface area is 103 Å². The molecule has 0 saturated carbocycles. The van der Waals surface area contributed by atoms with Crippen molar-refractivity contribution in [3.63, 3.8) is 0 Å². The maximum absolute atomic E-state index is 5.47. The molecule has 1 saturated heterocycles. The molecule has 1 fully saturated rings. The van der Waals surface area contributed by atoms with Crippen LogP contribution in [0.4, 0.5) is 0 Å². The third kappa shape index (κ3) is 3.68. The van der Waals surface area contributed by atoms with Crippen LogP contribution < -0.4 is 0 Å². The van der Waals surface area contributed by atoms with Gasteiger partial charge in [0.25, 0.3) is 6.48 Å². The predicted octanol–water partition coefficient (Wildman–Crippen LogP) is 2.77. The summed E-state index contributed by atoms with van der Waals surface area (Å²) < 4.78 is 15.7. The minimum atomic E-state index is -0.479. The highest BCUT2D eigenvalue weighted by molar-refractivity contribution is 8.76. The van der Waals surface area contributed by atoms with E-state index in [1.807, 2.05) is 18.2 Å². The fourth-order valence-corrected chi connectivity index (χ4v) is 3.49. The van der Waals surface area contributed by atoms with Crippen molar-refractivity contribution >= 4 is 21.6 Å². The Balaban J connectivity index is 1.65. The van der Waals surface area contributed by atoms with Gasteiger partial charge in [0.05, 0.1) is 12.7 Å². The van der Waals surface area contributed by atoms with E-state index < -0.39 is 6.48 Å². The Hall–Kier alpha value is -0.200. The molecule has 1 aromatic carbocycles. The van der Waals surface area contributed by atoms with Crippen LogP contribution >= 0.6 is 21.6 Å². The molecule has 0 bridgehead atoms. The second-order valence-electron chi connectivity index (χ2n) is 3.30. The average Bonchev–Trinajstić information content (AvgIpc) is 2.78. The van der Waals surface area contributed by atoms with Crippen molar-refractivity contribution in [1.82, 2.24) is 0 Å². The molecule has 1 aliphatic rings. The normalized spacial score (nSPS) is 24.8. The summed E-state index contributed by atoms with van der Waals surface area (Å²) in [5, 5.41) is 0. The van der Waals surface area contributed by atoms with Crippen molar-refractivity contribution in [1.29, 1.82) is 0 Å². The number of rotatable bonds is 5. The second kappa shape index (κ2) is 6.51. The van der Waals surface area contributed by atoms with E-state index in [-0.39, 0.29) is 6.10 Å². The van der Waals surface area contributed by atoms with Crippen LogP contribution in [0.15, 0.2) is 35.2 Å². The van der Waals surface area contributed by atoms with Gasteiger partial charge in [0.2, 0.25) is 0 Å². The monoisotopic (exact) mass is 258 g/mol. The van der Waals surface area contributed by atoms with Crippen LogP contribution in [0.25, 0.3) is 0 Å². The number of hydrogen-bond acceptors (Lipinski definition) is 5. The Morgan fingerprint density at radius 1 is 1.38 bits per heavy atom. The molecule has 0 aromatic heterocycles. The number of ether oxygens (including phenoxy) is 3. The number of hydrogen-bond donors (Lipinski definition) is 0. The average molecular weight is 258 g/mol. The third-order valence-electron chi connectivity index (χ3n) is 2.07. The SMILES string of the molecule is COC1OCC(CSSc2ccccc2)O1. The third-order valence-corrected chi connectivity index (χ3v) is 4.50. The van der Waals surface area contributed by atoms with Gasteiger partial charge >= 0.3 is 0 Å². The molecule has 2 rings (SSSR count). The topological polar surface area (TPSA) is 27.7 Å². The smallest absolute Gasteiger partial charge is 0.271 e. The van der Waals surface area contributed by atoms with Crippen LogP contribution in [-0.4, -0.2) is 32.0 Å². The molecular weight excluding hydrogens is 244 g/mol. The van der Waals surface area contributed by atoms with Crippen molar-refractivity contribution in [3.05, 3.63) is 30.3 Å². The van der Waals surface area contributed by atoms with Crippen LogP contribution in [-0.2, 0) is 14.2 Å². The minimum absolute atomic E-state index is 0.131. The summed E-state index contributed by atoms with van der Waals surface area (Å²) in [5.41, 5.74) is 0. The van der Waals surface area contributed by atoms with Gasteiger partial charge in [0.1, 0.15) is 0 Å². The zero-order valence-corrected chi connectivity index (χ0v) is 10.6. The first-order valence-corrected chi connectivity index (χ1v) is 7.35. The van der Waals surface area contributed by atoms with E-state index in [1.54, 1.807) is 28.7 Å². The molecule has 2 unspecified atom stereocenters. The molecule has 1 heterocycles. The van der Waals surface area contributed by atoms with Gasteiger partial charge in [0, 0.05) is 17.8 Å². The van der Waals surface area contributed by atoms with Crippen LogP contribution in [0.5, 0.6) is 0 Å². The highest BCUT2D eigenvalue weighted by atomic mass is 33.1. The summed E-state index contributed by atoms with van der Waals surface area (Å²) in [7, 11) is 5.11. The largest absolute Gasteiger partial charge is 0.333 e. The van der Waals surface area contributed by atoms with Gasteiger partial charge in [-0.05, 0) is 12.1 Å². The Bertz CT molecular complexity index is 307. The second-order valence-corrected chi connectivity index (χ2v) is 5.71. The summed E-state index contributed by atoms with van der Waals surface area (Å²) in [6.07, 6.45) is 0.131. The highest BCUT2D eigenvalue weighted by Crippen LogP contribution is 2.32. The van der Waals surface area contributed by atoms with Gasteiger partial charge in [-0.3, -0.25) is 0 Å². The molecule has 0 aliphatic carbocycles. The zero-order chi connectivity index (χ0) is 11.2. The van der Waals surface area contributed by atoms with Gasteiger partial charge in [-0.2, -0.15) is 0 Å². The molecule has 2 atom stereocenters. The first kappa shape index (κ1) is 12.3. The fraction of sp³-hybridized carbons (Fsp3) is 0.455. The van der Waals surface area contributed by atoms with E-state index in [0.717, 1.165) is 5.75 Å². The van der Waals surface area contributed by atoms with E-state index in [2.05, 4.69) is 12.1 Å². The number of benzene rings is 1. The molecular formula is C11H14O3S2. The first-order valence-electron chi connectivity index (χ1n) is 5.03. The molecule has 88 valence electrons. The summed E-state index contributed by atoms with van der Waals surface area (Å²) in [6, 6.07) is 10.3. The molecule has 1 aliphatic heterocycles. The predicted molar refractivity (Wildman–Crippen MR) is 66.4 cm³/mol. The molecule has 0 spiro atoms. The molecule has 16 heavy (non-hydrogen) atoms. The van der Waals surface area contributed by atoms with E-state index in [9.17, 15) is 0 Å². The Morgan fingerprint density at radius 2 is 2.19 bits per heavy atom. The van der Waals surface area contributed by atoms with Gasteiger partial charge in [-0.15, -0.1) is 0 Å². The molecule has 3 nitrogen and oxygen atoms in total. The molecule has 1 aromatic rings. The maximum Gasteiger partial charge on any atom is 0.271 e. The lowest BCUT2D eigenvalue weighted by Crippen LogP contribution is -2.15.